The number of aliphatic imine (C=N–C) groups is 1. The molecule has 0 aliphatic carbocycles. The van der Waals surface area contributed by atoms with Crippen LogP contribution in [0.3, 0.4) is 0 Å². The molecule has 1 N–H and O–H groups in total. The van der Waals surface area contributed by atoms with E-state index in [-0.39, 0.29) is 6.61 Å². The molecule has 2 rings (SSSR count). The molecule has 6 nitrogen and oxygen atoms in total. The molecule has 0 saturated carbocycles. The average Bonchev–Trinajstić information content (AvgIpc) is 2.81. The number of hydrogen-bond donors (Lipinski definition) is 1. The highest BCUT2D eigenvalue weighted by Gasteiger charge is 2.39. The molecule has 2 heterocycles. The van der Waals surface area contributed by atoms with Gasteiger partial charge in [0.15, 0.2) is 0 Å². The van der Waals surface area contributed by atoms with Gasteiger partial charge in [-0.2, -0.15) is 0 Å². The lowest BCUT2D eigenvalue weighted by atomic mass is 9.92. The van der Waals surface area contributed by atoms with Crippen molar-refractivity contribution in [2.24, 2.45) is 10.9 Å². The van der Waals surface area contributed by atoms with Crippen molar-refractivity contribution in [2.75, 3.05) is 6.61 Å². The average molecular weight is 250 g/mol. The monoisotopic (exact) mass is 250 g/mol. The van der Waals surface area contributed by atoms with Crippen molar-refractivity contribution in [3.8, 4) is 0 Å². The Kier molecular flexibility index (Phi) is 3.45. The number of carbonyl (C=O) groups is 2. The third-order valence-corrected chi connectivity index (χ3v) is 2.73. The van der Waals surface area contributed by atoms with Crippen molar-refractivity contribution in [2.45, 2.75) is 19.9 Å². The SMILES string of the molecule is CCOC(=O)C1C(C)=NC(=O)NC1c1ccco1. The Hall–Kier alpha value is -2.11. The summed E-state index contributed by atoms with van der Waals surface area (Å²) in [6.07, 6.45) is 1.49. The minimum Gasteiger partial charge on any atom is -0.467 e. The number of hydrogen-bond acceptors (Lipinski definition) is 4. The van der Waals surface area contributed by atoms with Gasteiger partial charge in [-0.3, -0.25) is 4.79 Å². The van der Waals surface area contributed by atoms with Crippen LogP contribution in [-0.2, 0) is 9.53 Å². The summed E-state index contributed by atoms with van der Waals surface area (Å²) in [6.45, 7) is 3.64. The quantitative estimate of drug-likeness (QED) is 0.827. The summed E-state index contributed by atoms with van der Waals surface area (Å²) in [6, 6.07) is 2.36. The van der Waals surface area contributed by atoms with E-state index in [1.54, 1.807) is 26.0 Å². The number of carbonyl (C=O) groups excluding carboxylic acids is 2. The lowest BCUT2D eigenvalue weighted by molar-refractivity contribution is -0.146. The van der Waals surface area contributed by atoms with Crippen LogP contribution in [0, 0.1) is 5.92 Å². The second-order valence-electron chi connectivity index (χ2n) is 3.93. The molecule has 0 fully saturated rings. The summed E-state index contributed by atoms with van der Waals surface area (Å²) < 4.78 is 10.3. The Balaban J connectivity index is 2.33. The molecule has 2 atom stereocenters. The van der Waals surface area contributed by atoms with Gasteiger partial charge in [0.1, 0.15) is 17.7 Å². The number of nitrogens with zero attached hydrogens (tertiary/aromatic N) is 1. The van der Waals surface area contributed by atoms with Gasteiger partial charge in [0.2, 0.25) is 0 Å². The third-order valence-electron chi connectivity index (χ3n) is 2.73. The molecule has 96 valence electrons. The van der Waals surface area contributed by atoms with Crippen molar-refractivity contribution in [1.82, 2.24) is 5.32 Å². The van der Waals surface area contributed by atoms with Gasteiger partial charge in [-0.25, -0.2) is 9.79 Å². The Morgan fingerprint density at radius 3 is 3.00 bits per heavy atom. The Morgan fingerprint density at radius 1 is 1.61 bits per heavy atom. The lowest BCUT2D eigenvalue weighted by Crippen LogP contribution is -2.44. The molecular weight excluding hydrogens is 236 g/mol. The molecule has 1 aromatic rings. The third kappa shape index (κ3) is 2.27. The van der Waals surface area contributed by atoms with E-state index in [4.69, 9.17) is 9.15 Å². The summed E-state index contributed by atoms with van der Waals surface area (Å²) >= 11 is 0. The topological polar surface area (TPSA) is 80.9 Å². The molecule has 1 aromatic heterocycles. The van der Waals surface area contributed by atoms with Gasteiger partial charge in [0, 0.05) is 5.71 Å². The van der Waals surface area contributed by atoms with E-state index < -0.39 is 24.0 Å². The zero-order valence-electron chi connectivity index (χ0n) is 10.2. The van der Waals surface area contributed by atoms with Crippen LogP contribution >= 0.6 is 0 Å². The van der Waals surface area contributed by atoms with Crippen LogP contribution in [0.2, 0.25) is 0 Å². The van der Waals surface area contributed by atoms with E-state index in [1.165, 1.54) is 6.26 Å². The summed E-state index contributed by atoms with van der Waals surface area (Å²) in [5, 5.41) is 2.62. The fraction of sp³-hybridized carbons (Fsp3) is 0.417. The zero-order chi connectivity index (χ0) is 13.1. The van der Waals surface area contributed by atoms with Crippen LogP contribution < -0.4 is 5.32 Å². The van der Waals surface area contributed by atoms with Crippen molar-refractivity contribution in [3.63, 3.8) is 0 Å². The maximum absolute atomic E-state index is 11.9. The molecular formula is C12H14N2O4. The summed E-state index contributed by atoms with van der Waals surface area (Å²) in [7, 11) is 0. The number of urea groups is 1. The van der Waals surface area contributed by atoms with Crippen molar-refractivity contribution in [3.05, 3.63) is 24.2 Å². The van der Waals surface area contributed by atoms with Crippen molar-refractivity contribution < 1.29 is 18.7 Å². The number of esters is 1. The van der Waals surface area contributed by atoms with Gasteiger partial charge in [-0.15, -0.1) is 0 Å². The van der Waals surface area contributed by atoms with E-state index in [0.717, 1.165) is 0 Å². The molecule has 0 bridgehead atoms. The van der Waals surface area contributed by atoms with Gasteiger partial charge < -0.3 is 14.5 Å². The maximum Gasteiger partial charge on any atom is 0.341 e. The standard InChI is InChI=1S/C12H14N2O4/c1-3-17-11(15)9-7(2)13-12(16)14-10(9)8-5-4-6-18-8/h4-6,9-10H,3H2,1-2H3,(H,14,16). The lowest BCUT2D eigenvalue weighted by Gasteiger charge is -2.27. The predicted molar refractivity (Wildman–Crippen MR) is 63.2 cm³/mol. The Morgan fingerprint density at radius 2 is 2.39 bits per heavy atom. The van der Waals surface area contributed by atoms with E-state index in [2.05, 4.69) is 10.3 Å². The molecule has 0 radical (unpaired) electrons. The molecule has 0 aromatic carbocycles. The Labute approximate surface area is 104 Å². The number of furan rings is 1. The summed E-state index contributed by atoms with van der Waals surface area (Å²) in [5.74, 6) is -0.551. The van der Waals surface area contributed by atoms with E-state index in [1.807, 2.05) is 0 Å². The second kappa shape index (κ2) is 5.03. The first-order chi connectivity index (χ1) is 8.63. The number of rotatable bonds is 3. The second-order valence-corrected chi connectivity index (χ2v) is 3.93. The van der Waals surface area contributed by atoms with Crippen LogP contribution in [0.15, 0.2) is 27.8 Å². The van der Waals surface area contributed by atoms with E-state index in [9.17, 15) is 9.59 Å². The number of ether oxygens (including phenoxy) is 1. The van der Waals surface area contributed by atoms with Gasteiger partial charge in [0.25, 0.3) is 0 Å². The van der Waals surface area contributed by atoms with Gasteiger partial charge in [-0.05, 0) is 26.0 Å². The maximum atomic E-state index is 11.9. The fourth-order valence-electron chi connectivity index (χ4n) is 1.96. The highest BCUT2D eigenvalue weighted by Crippen LogP contribution is 2.28. The first kappa shape index (κ1) is 12.3. The molecule has 0 saturated heterocycles. The van der Waals surface area contributed by atoms with Crippen LogP contribution in [0.1, 0.15) is 25.6 Å². The largest absolute Gasteiger partial charge is 0.467 e. The van der Waals surface area contributed by atoms with Gasteiger partial charge >= 0.3 is 12.0 Å². The van der Waals surface area contributed by atoms with E-state index in [0.29, 0.717) is 11.5 Å². The van der Waals surface area contributed by atoms with Gasteiger partial charge in [0.05, 0.1) is 12.9 Å². The first-order valence-electron chi connectivity index (χ1n) is 5.69. The van der Waals surface area contributed by atoms with Crippen LogP contribution in [0.5, 0.6) is 0 Å². The summed E-state index contributed by atoms with van der Waals surface area (Å²) in [4.78, 5) is 27.1. The fourth-order valence-corrected chi connectivity index (χ4v) is 1.96. The van der Waals surface area contributed by atoms with Crippen LogP contribution in [0.25, 0.3) is 0 Å². The minimum atomic E-state index is -0.645. The normalized spacial score (nSPS) is 23.2. The number of nitrogens with one attached hydrogen (secondary N) is 1. The first-order valence-corrected chi connectivity index (χ1v) is 5.69. The molecule has 0 spiro atoms. The van der Waals surface area contributed by atoms with Crippen LogP contribution in [0.4, 0.5) is 4.79 Å². The molecule has 1 aliphatic rings. The zero-order valence-corrected chi connectivity index (χ0v) is 10.2. The highest BCUT2D eigenvalue weighted by molar-refractivity contribution is 6.08. The molecule has 2 amide bonds. The number of amides is 2. The summed E-state index contributed by atoms with van der Waals surface area (Å²) in [5.41, 5.74) is 0.429. The van der Waals surface area contributed by atoms with Crippen molar-refractivity contribution >= 4 is 17.7 Å². The van der Waals surface area contributed by atoms with E-state index >= 15 is 0 Å². The molecule has 6 heteroatoms. The minimum absolute atomic E-state index is 0.279. The molecule has 18 heavy (non-hydrogen) atoms. The smallest absolute Gasteiger partial charge is 0.341 e. The Bertz CT molecular complexity index is 478. The van der Waals surface area contributed by atoms with Gasteiger partial charge in [-0.1, -0.05) is 0 Å². The predicted octanol–water partition coefficient (Wildman–Crippen LogP) is 1.68. The van der Waals surface area contributed by atoms with Crippen LogP contribution in [-0.4, -0.2) is 24.3 Å². The molecule has 2 unspecified atom stereocenters. The molecule has 1 aliphatic heterocycles. The highest BCUT2D eigenvalue weighted by atomic mass is 16.5. The van der Waals surface area contributed by atoms with Crippen molar-refractivity contribution in [1.29, 1.82) is 0 Å².